The molecule has 0 aliphatic heterocycles. The summed E-state index contributed by atoms with van der Waals surface area (Å²) < 4.78 is 30.7. The van der Waals surface area contributed by atoms with Crippen molar-refractivity contribution >= 4 is 0 Å². The molecular formula is C17H19F2NO. The van der Waals surface area contributed by atoms with E-state index in [1.54, 1.807) is 6.07 Å². The van der Waals surface area contributed by atoms with Crippen LogP contribution in [-0.2, 0) is 13.1 Å². The maximum atomic E-state index is 12.6. The highest BCUT2D eigenvalue weighted by atomic mass is 19.3. The zero-order valence-electron chi connectivity index (χ0n) is 12.0. The largest absolute Gasteiger partial charge is 0.494 e. The molecule has 0 amide bonds. The van der Waals surface area contributed by atoms with Gasteiger partial charge in [-0.15, -0.1) is 0 Å². The highest BCUT2D eigenvalue weighted by Gasteiger charge is 2.06. The smallest absolute Gasteiger partial charge is 0.263 e. The molecule has 0 fully saturated rings. The lowest BCUT2D eigenvalue weighted by atomic mass is 10.1. The summed E-state index contributed by atoms with van der Waals surface area (Å²) in [7, 11) is 0. The molecule has 0 atom stereocenters. The predicted octanol–water partition coefficient (Wildman–Crippen LogP) is 4.31. The van der Waals surface area contributed by atoms with Crippen molar-refractivity contribution in [3.63, 3.8) is 0 Å². The van der Waals surface area contributed by atoms with E-state index in [0.29, 0.717) is 19.7 Å². The number of rotatable bonds is 7. The molecular weight excluding hydrogens is 272 g/mol. The first-order chi connectivity index (χ1) is 10.2. The van der Waals surface area contributed by atoms with Crippen molar-refractivity contribution in [1.82, 2.24) is 5.32 Å². The molecule has 0 radical (unpaired) electrons. The fourth-order valence-electron chi connectivity index (χ4n) is 2.10. The molecule has 112 valence electrons. The highest BCUT2D eigenvalue weighted by Crippen LogP contribution is 2.19. The third-order valence-corrected chi connectivity index (χ3v) is 3.07. The second-order valence-corrected chi connectivity index (χ2v) is 4.73. The molecule has 2 rings (SSSR count). The quantitative estimate of drug-likeness (QED) is 0.820. The lowest BCUT2D eigenvalue weighted by Gasteiger charge is -2.09. The second-order valence-electron chi connectivity index (χ2n) is 4.73. The van der Waals surface area contributed by atoms with Gasteiger partial charge in [-0.25, -0.2) is 8.78 Å². The zero-order chi connectivity index (χ0) is 15.1. The molecule has 0 aliphatic rings. The molecule has 1 N–H and O–H groups in total. The van der Waals surface area contributed by atoms with E-state index in [-0.39, 0.29) is 5.56 Å². The van der Waals surface area contributed by atoms with E-state index >= 15 is 0 Å². The summed E-state index contributed by atoms with van der Waals surface area (Å²) in [5, 5.41) is 3.25. The van der Waals surface area contributed by atoms with Crippen LogP contribution in [0, 0.1) is 0 Å². The number of benzene rings is 2. The SMILES string of the molecule is CCOc1cccc(CNCc2cccc(C(F)F)c2)c1. The van der Waals surface area contributed by atoms with Crippen LogP contribution in [0.25, 0.3) is 0 Å². The third kappa shape index (κ3) is 4.83. The highest BCUT2D eigenvalue weighted by molar-refractivity contribution is 5.29. The summed E-state index contributed by atoms with van der Waals surface area (Å²) in [4.78, 5) is 0. The molecule has 0 aliphatic carbocycles. The minimum absolute atomic E-state index is 0.0626. The minimum Gasteiger partial charge on any atom is -0.494 e. The standard InChI is InChI=1S/C17H19F2NO/c1-2-21-16-8-4-6-14(10-16)12-20-11-13-5-3-7-15(9-13)17(18)19/h3-10,17,20H,2,11-12H2,1H3. The number of ether oxygens (including phenoxy) is 1. The monoisotopic (exact) mass is 291 g/mol. The van der Waals surface area contributed by atoms with Crippen molar-refractivity contribution in [2.75, 3.05) is 6.61 Å². The van der Waals surface area contributed by atoms with Crippen LogP contribution in [0.15, 0.2) is 48.5 Å². The molecule has 0 saturated carbocycles. The summed E-state index contributed by atoms with van der Waals surface area (Å²) in [6.45, 7) is 3.80. The molecule has 2 aromatic carbocycles. The second kappa shape index (κ2) is 7.74. The Morgan fingerprint density at radius 2 is 1.67 bits per heavy atom. The lowest BCUT2D eigenvalue weighted by Crippen LogP contribution is -2.12. The van der Waals surface area contributed by atoms with Gasteiger partial charge in [-0.3, -0.25) is 0 Å². The first-order valence-corrected chi connectivity index (χ1v) is 6.98. The van der Waals surface area contributed by atoms with Crippen LogP contribution in [0.4, 0.5) is 8.78 Å². The van der Waals surface area contributed by atoms with E-state index < -0.39 is 6.43 Å². The van der Waals surface area contributed by atoms with E-state index in [1.807, 2.05) is 37.3 Å². The van der Waals surface area contributed by atoms with Crippen molar-refractivity contribution in [2.24, 2.45) is 0 Å². The number of halogens is 2. The van der Waals surface area contributed by atoms with Crippen LogP contribution in [0.3, 0.4) is 0 Å². The Bertz CT molecular complexity index is 572. The van der Waals surface area contributed by atoms with Gasteiger partial charge < -0.3 is 10.1 Å². The number of hydrogen-bond acceptors (Lipinski definition) is 2. The normalized spacial score (nSPS) is 10.9. The Morgan fingerprint density at radius 3 is 2.33 bits per heavy atom. The van der Waals surface area contributed by atoms with Crippen LogP contribution in [-0.4, -0.2) is 6.61 Å². The van der Waals surface area contributed by atoms with Gasteiger partial charge in [-0.1, -0.05) is 30.3 Å². The molecule has 0 unspecified atom stereocenters. The molecule has 0 bridgehead atoms. The molecule has 0 spiro atoms. The molecule has 21 heavy (non-hydrogen) atoms. The topological polar surface area (TPSA) is 21.3 Å². The number of nitrogens with one attached hydrogen (secondary N) is 1. The van der Waals surface area contributed by atoms with E-state index in [4.69, 9.17) is 4.74 Å². The predicted molar refractivity (Wildman–Crippen MR) is 79.6 cm³/mol. The van der Waals surface area contributed by atoms with Gasteiger partial charge in [0.15, 0.2) is 0 Å². The van der Waals surface area contributed by atoms with Crippen molar-refractivity contribution in [3.8, 4) is 5.75 Å². The maximum Gasteiger partial charge on any atom is 0.263 e. The van der Waals surface area contributed by atoms with E-state index in [1.165, 1.54) is 12.1 Å². The lowest BCUT2D eigenvalue weighted by molar-refractivity contribution is 0.151. The number of hydrogen-bond donors (Lipinski definition) is 1. The van der Waals surface area contributed by atoms with Crippen LogP contribution in [0.2, 0.25) is 0 Å². The average Bonchev–Trinajstić information content (AvgIpc) is 2.48. The van der Waals surface area contributed by atoms with Crippen LogP contribution >= 0.6 is 0 Å². The molecule has 4 heteroatoms. The van der Waals surface area contributed by atoms with Crippen LogP contribution in [0.5, 0.6) is 5.75 Å². The van der Waals surface area contributed by atoms with Crippen molar-refractivity contribution in [1.29, 1.82) is 0 Å². The average molecular weight is 291 g/mol. The fourth-order valence-corrected chi connectivity index (χ4v) is 2.10. The number of alkyl halides is 2. The molecule has 0 heterocycles. The van der Waals surface area contributed by atoms with Crippen LogP contribution < -0.4 is 10.1 Å². The zero-order valence-corrected chi connectivity index (χ0v) is 12.0. The van der Waals surface area contributed by atoms with Gasteiger partial charge in [0.2, 0.25) is 0 Å². The van der Waals surface area contributed by atoms with Gasteiger partial charge in [0, 0.05) is 18.7 Å². The van der Waals surface area contributed by atoms with E-state index in [0.717, 1.165) is 16.9 Å². The van der Waals surface area contributed by atoms with Gasteiger partial charge in [0.25, 0.3) is 6.43 Å². The van der Waals surface area contributed by atoms with E-state index in [2.05, 4.69) is 5.32 Å². The Morgan fingerprint density at radius 1 is 1.00 bits per heavy atom. The van der Waals surface area contributed by atoms with Gasteiger partial charge in [0.1, 0.15) is 5.75 Å². The summed E-state index contributed by atoms with van der Waals surface area (Å²) in [5.41, 5.74) is 2.02. The Kier molecular flexibility index (Phi) is 5.69. The van der Waals surface area contributed by atoms with Crippen molar-refractivity contribution in [3.05, 3.63) is 65.2 Å². The van der Waals surface area contributed by atoms with Gasteiger partial charge >= 0.3 is 0 Å². The van der Waals surface area contributed by atoms with Gasteiger partial charge in [-0.2, -0.15) is 0 Å². The first kappa shape index (κ1) is 15.4. The third-order valence-electron chi connectivity index (χ3n) is 3.07. The Hall–Kier alpha value is -1.94. The van der Waals surface area contributed by atoms with Crippen LogP contribution in [0.1, 0.15) is 30.0 Å². The summed E-state index contributed by atoms with van der Waals surface area (Å²) in [5.74, 6) is 0.844. The Labute approximate surface area is 123 Å². The van der Waals surface area contributed by atoms with Gasteiger partial charge in [-0.05, 0) is 36.2 Å². The summed E-state index contributed by atoms with van der Waals surface area (Å²) in [6, 6.07) is 14.3. The fraction of sp³-hybridized carbons (Fsp3) is 0.294. The minimum atomic E-state index is -2.42. The molecule has 2 aromatic rings. The summed E-state index contributed by atoms with van der Waals surface area (Å²) in [6.07, 6.45) is -2.42. The van der Waals surface area contributed by atoms with Crippen molar-refractivity contribution < 1.29 is 13.5 Å². The molecule has 2 nitrogen and oxygen atoms in total. The Balaban J connectivity index is 1.89. The molecule has 0 saturated heterocycles. The maximum absolute atomic E-state index is 12.6. The van der Waals surface area contributed by atoms with E-state index in [9.17, 15) is 8.78 Å². The molecule has 0 aromatic heterocycles. The summed E-state index contributed by atoms with van der Waals surface area (Å²) >= 11 is 0. The first-order valence-electron chi connectivity index (χ1n) is 6.98. The van der Waals surface area contributed by atoms with Crippen molar-refractivity contribution in [2.45, 2.75) is 26.4 Å². The van der Waals surface area contributed by atoms with Gasteiger partial charge in [0.05, 0.1) is 6.61 Å².